The topological polar surface area (TPSA) is 93.2 Å². The lowest BCUT2D eigenvalue weighted by Crippen LogP contribution is -2.05. The third kappa shape index (κ3) is 1.95. The SMILES string of the molecule is COC(=O)c1cc(C#N)c(F)c([N+](=O)[O-])c1. The van der Waals surface area contributed by atoms with Crippen molar-refractivity contribution in [1.29, 1.82) is 5.26 Å². The van der Waals surface area contributed by atoms with E-state index < -0.39 is 28.0 Å². The molecular weight excluding hydrogens is 219 g/mol. The molecule has 0 unspecified atom stereocenters. The van der Waals surface area contributed by atoms with Gasteiger partial charge in [-0.2, -0.15) is 9.65 Å². The average molecular weight is 224 g/mol. The normalized spacial score (nSPS) is 9.31. The number of ether oxygens (including phenoxy) is 1. The molecule has 16 heavy (non-hydrogen) atoms. The Bertz CT molecular complexity index is 507. The highest BCUT2D eigenvalue weighted by Crippen LogP contribution is 2.22. The minimum absolute atomic E-state index is 0.243. The van der Waals surface area contributed by atoms with Crippen LogP contribution in [0.3, 0.4) is 0 Å². The highest BCUT2D eigenvalue weighted by atomic mass is 19.1. The maximum atomic E-state index is 13.3. The van der Waals surface area contributed by atoms with Crippen molar-refractivity contribution in [2.75, 3.05) is 7.11 Å². The Labute approximate surface area is 89.0 Å². The van der Waals surface area contributed by atoms with Crippen molar-refractivity contribution >= 4 is 11.7 Å². The van der Waals surface area contributed by atoms with Crippen LogP contribution in [0.15, 0.2) is 12.1 Å². The first kappa shape index (κ1) is 11.6. The highest BCUT2D eigenvalue weighted by molar-refractivity contribution is 5.90. The summed E-state index contributed by atoms with van der Waals surface area (Å²) in [7, 11) is 1.07. The average Bonchev–Trinajstić information content (AvgIpc) is 2.27. The Balaban J connectivity index is 3.47. The summed E-state index contributed by atoms with van der Waals surface area (Å²) in [6.07, 6.45) is 0. The molecule has 0 saturated carbocycles. The Hall–Kier alpha value is -2.49. The van der Waals surface area contributed by atoms with Gasteiger partial charge in [0.15, 0.2) is 0 Å². The van der Waals surface area contributed by atoms with E-state index in [0.717, 1.165) is 19.2 Å². The third-order valence-electron chi connectivity index (χ3n) is 1.79. The van der Waals surface area contributed by atoms with E-state index in [1.807, 2.05) is 0 Å². The summed E-state index contributed by atoms with van der Waals surface area (Å²) in [5.74, 6) is -2.14. The van der Waals surface area contributed by atoms with Gasteiger partial charge in [0, 0.05) is 6.07 Å². The van der Waals surface area contributed by atoms with Crippen LogP contribution in [0.25, 0.3) is 0 Å². The molecule has 1 aromatic carbocycles. The number of halogens is 1. The zero-order valence-corrected chi connectivity index (χ0v) is 8.06. The van der Waals surface area contributed by atoms with Crippen LogP contribution in [0.4, 0.5) is 10.1 Å². The van der Waals surface area contributed by atoms with Gasteiger partial charge in [-0.1, -0.05) is 0 Å². The molecule has 0 bridgehead atoms. The van der Waals surface area contributed by atoms with Gasteiger partial charge in [-0.05, 0) is 6.07 Å². The second-order valence-electron chi connectivity index (χ2n) is 2.72. The number of carbonyl (C=O) groups excluding carboxylic acids is 1. The van der Waals surface area contributed by atoms with E-state index in [1.54, 1.807) is 0 Å². The van der Waals surface area contributed by atoms with Gasteiger partial charge in [0.2, 0.25) is 5.82 Å². The summed E-state index contributed by atoms with van der Waals surface area (Å²) in [4.78, 5) is 20.5. The van der Waals surface area contributed by atoms with Crippen molar-refractivity contribution in [2.24, 2.45) is 0 Å². The number of nitrogens with zero attached hydrogens (tertiary/aromatic N) is 2. The first-order valence-electron chi connectivity index (χ1n) is 3.97. The Kier molecular flexibility index (Phi) is 3.15. The number of carbonyl (C=O) groups is 1. The molecule has 7 heteroatoms. The van der Waals surface area contributed by atoms with Gasteiger partial charge in [-0.15, -0.1) is 0 Å². The quantitative estimate of drug-likeness (QED) is 0.430. The number of hydrogen-bond acceptors (Lipinski definition) is 5. The monoisotopic (exact) mass is 224 g/mol. The molecule has 0 aromatic heterocycles. The van der Waals surface area contributed by atoms with E-state index in [9.17, 15) is 19.3 Å². The van der Waals surface area contributed by atoms with Crippen LogP contribution in [-0.4, -0.2) is 18.0 Å². The molecule has 0 N–H and O–H groups in total. The highest BCUT2D eigenvalue weighted by Gasteiger charge is 2.22. The van der Waals surface area contributed by atoms with Crippen molar-refractivity contribution < 1.29 is 18.8 Å². The van der Waals surface area contributed by atoms with Gasteiger partial charge < -0.3 is 4.74 Å². The number of nitro groups is 1. The predicted molar refractivity (Wildman–Crippen MR) is 49.1 cm³/mol. The van der Waals surface area contributed by atoms with Crippen molar-refractivity contribution in [3.8, 4) is 6.07 Å². The van der Waals surface area contributed by atoms with Crippen LogP contribution in [0.2, 0.25) is 0 Å². The molecule has 82 valence electrons. The van der Waals surface area contributed by atoms with Gasteiger partial charge in [0.05, 0.1) is 23.2 Å². The first-order chi connectivity index (χ1) is 7.51. The van der Waals surface area contributed by atoms with E-state index in [-0.39, 0.29) is 5.56 Å². The summed E-state index contributed by atoms with van der Waals surface area (Å²) in [5, 5.41) is 19.0. The zero-order chi connectivity index (χ0) is 12.3. The number of nitriles is 1. The van der Waals surface area contributed by atoms with E-state index in [0.29, 0.717) is 0 Å². The number of rotatable bonds is 2. The van der Waals surface area contributed by atoms with Crippen LogP contribution in [-0.2, 0) is 4.74 Å². The summed E-state index contributed by atoms with van der Waals surface area (Å²) in [5.41, 5.74) is -1.75. The number of hydrogen-bond donors (Lipinski definition) is 0. The van der Waals surface area contributed by atoms with Gasteiger partial charge in [-0.25, -0.2) is 4.79 Å². The standard InChI is InChI=1S/C9H5FN2O4/c1-16-9(13)5-2-6(4-11)8(10)7(3-5)12(14)15/h2-3H,1H3. The number of esters is 1. The summed E-state index contributed by atoms with van der Waals surface area (Å²) >= 11 is 0. The molecule has 0 heterocycles. The first-order valence-corrected chi connectivity index (χ1v) is 3.97. The van der Waals surface area contributed by atoms with Gasteiger partial charge in [0.25, 0.3) is 0 Å². The van der Waals surface area contributed by atoms with Crippen molar-refractivity contribution in [3.05, 3.63) is 39.2 Å². The lowest BCUT2D eigenvalue weighted by molar-refractivity contribution is -0.387. The van der Waals surface area contributed by atoms with Crippen molar-refractivity contribution in [3.63, 3.8) is 0 Å². The minimum atomic E-state index is -1.26. The summed E-state index contributed by atoms with van der Waals surface area (Å²) in [6.45, 7) is 0. The molecule has 1 rings (SSSR count). The minimum Gasteiger partial charge on any atom is -0.465 e. The Morgan fingerprint density at radius 2 is 2.25 bits per heavy atom. The maximum Gasteiger partial charge on any atom is 0.338 e. The van der Waals surface area contributed by atoms with Crippen LogP contribution in [0.5, 0.6) is 0 Å². The molecule has 0 saturated heterocycles. The molecule has 0 radical (unpaired) electrons. The number of nitro benzene ring substituents is 1. The second kappa shape index (κ2) is 4.35. The van der Waals surface area contributed by atoms with Crippen molar-refractivity contribution in [2.45, 2.75) is 0 Å². The van der Waals surface area contributed by atoms with E-state index in [2.05, 4.69) is 4.74 Å². The van der Waals surface area contributed by atoms with Gasteiger partial charge >= 0.3 is 11.7 Å². The lowest BCUT2D eigenvalue weighted by Gasteiger charge is -2.01. The largest absolute Gasteiger partial charge is 0.465 e. The molecule has 6 nitrogen and oxygen atoms in total. The third-order valence-corrected chi connectivity index (χ3v) is 1.79. The molecule has 0 spiro atoms. The molecule has 0 aliphatic heterocycles. The van der Waals surface area contributed by atoms with Crippen molar-refractivity contribution in [1.82, 2.24) is 0 Å². The zero-order valence-electron chi connectivity index (χ0n) is 8.06. The number of benzene rings is 1. The summed E-state index contributed by atoms with van der Waals surface area (Å²) < 4.78 is 17.6. The van der Waals surface area contributed by atoms with E-state index >= 15 is 0 Å². The summed E-state index contributed by atoms with van der Waals surface area (Å²) in [6, 6.07) is 3.04. The van der Waals surface area contributed by atoms with Crippen LogP contribution < -0.4 is 0 Å². The van der Waals surface area contributed by atoms with E-state index in [4.69, 9.17) is 5.26 Å². The molecular formula is C9H5FN2O4. The molecule has 1 aromatic rings. The Morgan fingerprint density at radius 3 is 2.69 bits per heavy atom. The predicted octanol–water partition coefficient (Wildman–Crippen LogP) is 1.39. The molecule has 0 aliphatic carbocycles. The molecule has 0 atom stereocenters. The maximum absolute atomic E-state index is 13.3. The van der Waals surface area contributed by atoms with Gasteiger partial charge in [-0.3, -0.25) is 10.1 Å². The van der Waals surface area contributed by atoms with Gasteiger partial charge in [0.1, 0.15) is 6.07 Å². The molecule has 0 fully saturated rings. The second-order valence-corrected chi connectivity index (χ2v) is 2.72. The fourth-order valence-corrected chi connectivity index (χ4v) is 1.06. The fraction of sp³-hybridized carbons (Fsp3) is 0.111. The molecule has 0 amide bonds. The van der Waals surface area contributed by atoms with Crippen LogP contribution >= 0.6 is 0 Å². The lowest BCUT2D eigenvalue weighted by atomic mass is 10.1. The fourth-order valence-electron chi connectivity index (χ4n) is 1.06. The Morgan fingerprint density at radius 1 is 1.62 bits per heavy atom. The van der Waals surface area contributed by atoms with E-state index in [1.165, 1.54) is 6.07 Å². The van der Waals surface area contributed by atoms with Crippen LogP contribution in [0.1, 0.15) is 15.9 Å². The molecule has 0 aliphatic rings. The number of methoxy groups -OCH3 is 1. The smallest absolute Gasteiger partial charge is 0.338 e. The van der Waals surface area contributed by atoms with Crippen LogP contribution in [0, 0.1) is 27.3 Å².